The lowest BCUT2D eigenvalue weighted by Gasteiger charge is -1.93. The Morgan fingerprint density at radius 2 is 2.12 bits per heavy atom. The van der Waals surface area contributed by atoms with Gasteiger partial charge in [-0.15, -0.1) is 0 Å². The van der Waals surface area contributed by atoms with E-state index in [0.717, 1.165) is 0 Å². The van der Waals surface area contributed by atoms with Gasteiger partial charge in [0.1, 0.15) is 5.78 Å². The van der Waals surface area contributed by atoms with Gasteiger partial charge in [0.25, 0.3) is 0 Å². The summed E-state index contributed by atoms with van der Waals surface area (Å²) in [4.78, 5) is 20.3. The smallest absolute Gasteiger partial charge is 0.212 e. The fourth-order valence-electron chi connectivity index (χ4n) is 0.563. The van der Waals surface area contributed by atoms with Crippen molar-refractivity contribution >= 4 is 12.1 Å². The Balaban J connectivity index is 2.66. The zero-order chi connectivity index (χ0) is 6.20. The molecule has 0 atom stereocenters. The third-order valence-corrected chi connectivity index (χ3v) is 1.48. The first-order chi connectivity index (χ1) is 3.71. The van der Waals surface area contributed by atoms with Gasteiger partial charge in [-0.05, 0) is 12.8 Å². The Bertz CT molecular complexity index is 133. The molecule has 0 spiro atoms. The van der Waals surface area contributed by atoms with Crippen LogP contribution in [0.3, 0.4) is 0 Å². The Morgan fingerprint density at radius 3 is 2.12 bits per heavy atom. The normalized spacial score (nSPS) is 22.1. The molecule has 1 aliphatic carbocycles. The van der Waals surface area contributed by atoms with Crippen LogP contribution in [0.5, 0.6) is 0 Å². The van der Waals surface area contributed by atoms with E-state index in [0.29, 0.717) is 12.8 Å². The van der Waals surface area contributed by atoms with Crippen molar-refractivity contribution in [1.82, 2.24) is 0 Å². The van der Waals surface area contributed by atoms with Crippen molar-refractivity contribution in [3.05, 3.63) is 6.92 Å². The molecule has 0 amide bonds. The van der Waals surface area contributed by atoms with Gasteiger partial charge in [0.05, 0.1) is 5.41 Å². The van der Waals surface area contributed by atoms with E-state index in [9.17, 15) is 9.59 Å². The minimum absolute atomic E-state index is 0.285. The summed E-state index contributed by atoms with van der Waals surface area (Å²) in [5, 5.41) is 0. The molecule has 0 aliphatic heterocycles. The van der Waals surface area contributed by atoms with Crippen LogP contribution in [0, 0.1) is 12.3 Å². The fraction of sp³-hybridized carbons (Fsp3) is 0.500. The molecule has 0 N–H and O–H groups in total. The number of carbonyl (C=O) groups excluding carboxylic acids is 2. The first-order valence-corrected chi connectivity index (χ1v) is 2.47. The highest BCUT2D eigenvalue weighted by atomic mass is 16.1. The van der Waals surface area contributed by atoms with Crippen molar-refractivity contribution in [3.63, 3.8) is 0 Å². The van der Waals surface area contributed by atoms with Crippen molar-refractivity contribution in [3.8, 4) is 0 Å². The van der Waals surface area contributed by atoms with E-state index in [-0.39, 0.29) is 5.78 Å². The van der Waals surface area contributed by atoms with Crippen LogP contribution < -0.4 is 0 Å². The van der Waals surface area contributed by atoms with E-state index in [1.165, 1.54) is 0 Å². The molecular weight excluding hydrogens is 104 g/mol. The van der Waals surface area contributed by atoms with Gasteiger partial charge in [0, 0.05) is 6.92 Å². The zero-order valence-corrected chi connectivity index (χ0v) is 4.44. The zero-order valence-electron chi connectivity index (χ0n) is 4.44. The van der Waals surface area contributed by atoms with E-state index in [4.69, 9.17) is 0 Å². The van der Waals surface area contributed by atoms with Crippen LogP contribution in [0.1, 0.15) is 12.8 Å². The third kappa shape index (κ3) is 0.565. The average molecular weight is 110 g/mol. The van der Waals surface area contributed by atoms with E-state index in [1.54, 1.807) is 6.29 Å². The van der Waals surface area contributed by atoms with Crippen LogP contribution in [0.15, 0.2) is 0 Å². The van der Waals surface area contributed by atoms with Crippen molar-refractivity contribution in [2.45, 2.75) is 12.8 Å². The van der Waals surface area contributed by atoms with Gasteiger partial charge in [0.15, 0.2) is 0 Å². The second-order valence-electron chi connectivity index (χ2n) is 2.11. The Kier molecular flexibility index (Phi) is 0.962. The summed E-state index contributed by atoms with van der Waals surface area (Å²) < 4.78 is 0. The van der Waals surface area contributed by atoms with Crippen molar-refractivity contribution < 1.29 is 9.59 Å². The molecule has 1 aliphatic rings. The minimum Gasteiger partial charge on any atom is -0.299 e. The SMILES string of the molecule is [CH2]C(=O)C1([C]=O)CC1. The third-order valence-electron chi connectivity index (χ3n) is 1.48. The molecule has 0 aromatic carbocycles. The predicted octanol–water partition coefficient (Wildman–Crippen LogP) is 0.279. The molecule has 0 saturated heterocycles. The highest BCUT2D eigenvalue weighted by Gasteiger charge is 2.48. The fourth-order valence-corrected chi connectivity index (χ4v) is 0.563. The highest BCUT2D eigenvalue weighted by Crippen LogP contribution is 2.43. The maximum atomic E-state index is 10.4. The molecule has 0 heterocycles. The highest BCUT2D eigenvalue weighted by molar-refractivity contribution is 6.03. The summed E-state index contributed by atoms with van der Waals surface area (Å²) in [5.41, 5.74) is -0.764. The van der Waals surface area contributed by atoms with Crippen LogP contribution >= 0.6 is 0 Å². The lowest BCUT2D eigenvalue weighted by molar-refractivity contribution is -0.117. The van der Waals surface area contributed by atoms with Crippen LogP contribution in [0.25, 0.3) is 0 Å². The number of carbonyl (C=O) groups is 1. The molecule has 42 valence electrons. The molecule has 1 rings (SSSR count). The second-order valence-corrected chi connectivity index (χ2v) is 2.11. The van der Waals surface area contributed by atoms with Gasteiger partial charge in [-0.1, -0.05) is 0 Å². The molecule has 1 saturated carbocycles. The molecule has 1 fully saturated rings. The van der Waals surface area contributed by atoms with Gasteiger partial charge < -0.3 is 0 Å². The van der Waals surface area contributed by atoms with Gasteiger partial charge in [-0.3, -0.25) is 9.59 Å². The number of rotatable bonds is 2. The van der Waals surface area contributed by atoms with Gasteiger partial charge in [-0.2, -0.15) is 0 Å². The summed E-state index contributed by atoms with van der Waals surface area (Å²) in [7, 11) is 0. The molecular formula is C6H6O2. The molecule has 2 heteroatoms. The summed E-state index contributed by atoms with van der Waals surface area (Å²) >= 11 is 0. The average Bonchev–Trinajstić information content (AvgIpc) is 2.44. The molecule has 8 heavy (non-hydrogen) atoms. The second kappa shape index (κ2) is 1.41. The van der Waals surface area contributed by atoms with E-state index in [2.05, 4.69) is 6.92 Å². The topological polar surface area (TPSA) is 34.1 Å². The molecule has 0 unspecified atom stereocenters. The summed E-state index contributed by atoms with van der Waals surface area (Å²) in [6, 6.07) is 0. The summed E-state index contributed by atoms with van der Waals surface area (Å²) in [6.45, 7) is 3.14. The van der Waals surface area contributed by atoms with E-state index in [1.807, 2.05) is 0 Å². The largest absolute Gasteiger partial charge is 0.299 e. The molecule has 0 aromatic rings. The first kappa shape index (κ1) is 5.48. The van der Waals surface area contributed by atoms with Crippen LogP contribution in [-0.2, 0) is 9.59 Å². The van der Waals surface area contributed by atoms with Crippen LogP contribution in [0.4, 0.5) is 0 Å². The maximum Gasteiger partial charge on any atom is 0.212 e. The lowest BCUT2D eigenvalue weighted by atomic mass is 10.1. The van der Waals surface area contributed by atoms with Crippen LogP contribution in [-0.4, -0.2) is 12.1 Å². The number of Topliss-reactive ketones (excluding diaryl/α,β-unsaturated/α-hetero) is 1. The van der Waals surface area contributed by atoms with E-state index < -0.39 is 5.41 Å². The monoisotopic (exact) mass is 110 g/mol. The number of hydrogen-bond acceptors (Lipinski definition) is 2. The summed E-state index contributed by atoms with van der Waals surface area (Å²) in [5.74, 6) is -0.285. The van der Waals surface area contributed by atoms with Gasteiger partial charge in [0.2, 0.25) is 6.29 Å². The molecule has 2 radical (unpaired) electrons. The minimum atomic E-state index is -0.764. The summed E-state index contributed by atoms with van der Waals surface area (Å²) in [6.07, 6.45) is 2.99. The molecule has 0 bridgehead atoms. The predicted molar refractivity (Wildman–Crippen MR) is 27.7 cm³/mol. The molecule has 0 aromatic heterocycles. The van der Waals surface area contributed by atoms with Crippen LogP contribution in [0.2, 0.25) is 0 Å². The quantitative estimate of drug-likeness (QED) is 0.478. The lowest BCUT2D eigenvalue weighted by Crippen LogP contribution is -2.12. The van der Waals surface area contributed by atoms with Crippen molar-refractivity contribution in [2.75, 3.05) is 0 Å². The van der Waals surface area contributed by atoms with Crippen molar-refractivity contribution in [1.29, 1.82) is 0 Å². The Morgan fingerprint density at radius 1 is 1.62 bits per heavy atom. The standard InChI is InChI=1S/C6H6O2/c1-5(8)6(4-7)2-3-6/h1-3H2. The first-order valence-electron chi connectivity index (χ1n) is 2.47. The van der Waals surface area contributed by atoms with Gasteiger partial charge in [-0.25, -0.2) is 0 Å². The van der Waals surface area contributed by atoms with Crippen molar-refractivity contribution in [2.24, 2.45) is 5.41 Å². The van der Waals surface area contributed by atoms with Gasteiger partial charge >= 0.3 is 0 Å². The Hall–Kier alpha value is -0.660. The number of ketones is 1. The molecule has 2 nitrogen and oxygen atoms in total. The van der Waals surface area contributed by atoms with E-state index >= 15 is 0 Å². The Labute approximate surface area is 47.9 Å². The maximum absolute atomic E-state index is 10.4. The number of hydrogen-bond donors (Lipinski definition) is 0.